The van der Waals surface area contributed by atoms with Gasteiger partial charge in [0.1, 0.15) is 5.65 Å². The molecule has 0 unspecified atom stereocenters. The standard InChI is InChI=1S/C19H20N4O/c1-12-4-16(11-22-3-2-21-19(12)22)14-6-17-15-5-13(8-20-9-15)10-23(17)18(24)7-14/h2-4,6-7,11,13,15,20H,5,8-10H2,1H3/t13-,15+/m0/s1. The van der Waals surface area contributed by atoms with Crippen molar-refractivity contribution in [3.8, 4) is 11.1 Å². The first-order valence-electron chi connectivity index (χ1n) is 8.58. The number of hydrogen-bond donors (Lipinski definition) is 1. The van der Waals surface area contributed by atoms with E-state index in [1.165, 1.54) is 12.1 Å². The summed E-state index contributed by atoms with van der Waals surface area (Å²) in [6, 6.07) is 6.13. The molecule has 5 heterocycles. The van der Waals surface area contributed by atoms with Crippen molar-refractivity contribution >= 4 is 5.65 Å². The van der Waals surface area contributed by atoms with Crippen LogP contribution in [0.25, 0.3) is 16.8 Å². The number of pyridine rings is 2. The summed E-state index contributed by atoms with van der Waals surface area (Å²) in [5.74, 6) is 1.03. The van der Waals surface area contributed by atoms with Crippen LogP contribution in [-0.4, -0.2) is 27.0 Å². The largest absolute Gasteiger partial charge is 0.316 e. The summed E-state index contributed by atoms with van der Waals surface area (Å²) in [5.41, 5.74) is 5.48. The molecule has 5 nitrogen and oxygen atoms in total. The van der Waals surface area contributed by atoms with Gasteiger partial charge in [-0.2, -0.15) is 0 Å². The molecular weight excluding hydrogens is 300 g/mol. The number of aromatic nitrogens is 3. The Hall–Kier alpha value is -2.40. The van der Waals surface area contributed by atoms with E-state index in [1.54, 1.807) is 6.07 Å². The second-order valence-corrected chi connectivity index (χ2v) is 7.14. The van der Waals surface area contributed by atoms with Gasteiger partial charge in [-0.05, 0) is 54.6 Å². The molecular formula is C19H20N4O. The van der Waals surface area contributed by atoms with E-state index in [0.29, 0.717) is 11.8 Å². The summed E-state index contributed by atoms with van der Waals surface area (Å²) >= 11 is 0. The minimum atomic E-state index is 0.127. The zero-order valence-electron chi connectivity index (χ0n) is 13.7. The summed E-state index contributed by atoms with van der Waals surface area (Å²) in [5, 5.41) is 3.51. The third-order valence-electron chi connectivity index (χ3n) is 5.47. The van der Waals surface area contributed by atoms with Crippen LogP contribution in [-0.2, 0) is 6.54 Å². The topological polar surface area (TPSA) is 51.3 Å². The molecule has 0 aromatic carbocycles. The van der Waals surface area contributed by atoms with Crippen LogP contribution in [0.2, 0.25) is 0 Å². The van der Waals surface area contributed by atoms with Crippen LogP contribution in [0.3, 0.4) is 0 Å². The van der Waals surface area contributed by atoms with Gasteiger partial charge in [-0.15, -0.1) is 0 Å². The molecule has 5 rings (SSSR count). The molecule has 1 saturated heterocycles. The van der Waals surface area contributed by atoms with Crippen LogP contribution < -0.4 is 10.9 Å². The molecule has 0 spiro atoms. The predicted molar refractivity (Wildman–Crippen MR) is 93.3 cm³/mol. The maximum atomic E-state index is 12.7. The molecule has 3 aromatic heterocycles. The van der Waals surface area contributed by atoms with Crippen molar-refractivity contribution in [2.45, 2.75) is 25.8 Å². The van der Waals surface area contributed by atoms with Crippen molar-refractivity contribution in [2.24, 2.45) is 5.92 Å². The van der Waals surface area contributed by atoms with E-state index in [-0.39, 0.29) is 5.56 Å². The third kappa shape index (κ3) is 2.04. The average Bonchev–Trinajstić information content (AvgIpc) is 3.05. The summed E-state index contributed by atoms with van der Waals surface area (Å²) in [6.45, 7) is 4.91. The number of aryl methyl sites for hydroxylation is 1. The fourth-order valence-corrected chi connectivity index (χ4v) is 4.34. The van der Waals surface area contributed by atoms with E-state index in [2.05, 4.69) is 35.6 Å². The summed E-state index contributed by atoms with van der Waals surface area (Å²) in [6.07, 6.45) is 7.01. The molecule has 2 aliphatic heterocycles. The molecule has 24 heavy (non-hydrogen) atoms. The van der Waals surface area contributed by atoms with Gasteiger partial charge >= 0.3 is 0 Å². The molecule has 5 heteroatoms. The maximum absolute atomic E-state index is 12.7. The molecule has 122 valence electrons. The second kappa shape index (κ2) is 5.05. The zero-order valence-corrected chi connectivity index (χ0v) is 13.7. The minimum absolute atomic E-state index is 0.127. The van der Waals surface area contributed by atoms with E-state index in [4.69, 9.17) is 0 Å². The van der Waals surface area contributed by atoms with Crippen LogP contribution in [0.15, 0.2) is 41.6 Å². The molecule has 2 atom stereocenters. The van der Waals surface area contributed by atoms with Gasteiger partial charge in [0.05, 0.1) is 0 Å². The number of fused-ring (bicyclic) bond motifs is 5. The highest BCUT2D eigenvalue weighted by molar-refractivity contribution is 5.67. The molecule has 0 radical (unpaired) electrons. The van der Waals surface area contributed by atoms with E-state index in [1.807, 2.05) is 21.4 Å². The fraction of sp³-hybridized carbons (Fsp3) is 0.368. The minimum Gasteiger partial charge on any atom is -0.316 e. The number of nitrogens with one attached hydrogen (secondary N) is 1. The highest BCUT2D eigenvalue weighted by Gasteiger charge is 2.31. The van der Waals surface area contributed by atoms with E-state index >= 15 is 0 Å². The van der Waals surface area contributed by atoms with Gasteiger partial charge in [-0.1, -0.05) is 0 Å². The Morgan fingerprint density at radius 3 is 3.04 bits per heavy atom. The molecule has 3 aromatic rings. The molecule has 2 bridgehead atoms. The first-order valence-corrected chi connectivity index (χ1v) is 8.58. The van der Waals surface area contributed by atoms with E-state index in [9.17, 15) is 4.79 Å². The van der Waals surface area contributed by atoms with Crippen LogP contribution in [0.5, 0.6) is 0 Å². The van der Waals surface area contributed by atoms with Crippen molar-refractivity contribution in [1.82, 2.24) is 19.3 Å². The summed E-state index contributed by atoms with van der Waals surface area (Å²) in [7, 11) is 0. The van der Waals surface area contributed by atoms with E-state index < -0.39 is 0 Å². The highest BCUT2D eigenvalue weighted by Crippen LogP contribution is 2.34. The monoisotopic (exact) mass is 320 g/mol. The molecule has 2 aliphatic rings. The first kappa shape index (κ1) is 14.0. The predicted octanol–water partition coefficient (Wildman–Crippen LogP) is 2.18. The van der Waals surface area contributed by atoms with Gasteiger partial charge < -0.3 is 14.3 Å². The van der Waals surface area contributed by atoms with Crippen LogP contribution in [0.1, 0.15) is 23.6 Å². The lowest BCUT2D eigenvalue weighted by Gasteiger charge is -2.37. The van der Waals surface area contributed by atoms with Crippen molar-refractivity contribution in [3.05, 3.63) is 58.4 Å². The first-order chi connectivity index (χ1) is 11.7. The van der Waals surface area contributed by atoms with Crippen molar-refractivity contribution in [3.63, 3.8) is 0 Å². The van der Waals surface area contributed by atoms with Crippen molar-refractivity contribution in [2.75, 3.05) is 13.1 Å². The van der Waals surface area contributed by atoms with Gasteiger partial charge in [0.25, 0.3) is 5.56 Å². The highest BCUT2D eigenvalue weighted by atomic mass is 16.1. The number of rotatable bonds is 1. The quantitative estimate of drug-likeness (QED) is 0.748. The second-order valence-electron chi connectivity index (χ2n) is 7.14. The van der Waals surface area contributed by atoms with Gasteiger partial charge in [-0.25, -0.2) is 4.98 Å². The number of imidazole rings is 1. The Kier molecular flexibility index (Phi) is 2.94. The van der Waals surface area contributed by atoms with Crippen LogP contribution in [0.4, 0.5) is 0 Å². The SMILES string of the molecule is Cc1cc(-c2cc3n(c(=O)c2)C[C@@H]2CNC[C@H]3C2)cn2ccnc12. The number of hydrogen-bond acceptors (Lipinski definition) is 3. The van der Waals surface area contributed by atoms with Gasteiger partial charge in [0.15, 0.2) is 0 Å². The molecule has 1 fully saturated rings. The number of nitrogens with zero attached hydrogens (tertiary/aromatic N) is 3. The van der Waals surface area contributed by atoms with Crippen LogP contribution >= 0.6 is 0 Å². The lowest BCUT2D eigenvalue weighted by Crippen LogP contribution is -2.44. The Labute approximate surface area is 140 Å². The Morgan fingerprint density at radius 2 is 2.12 bits per heavy atom. The van der Waals surface area contributed by atoms with Crippen LogP contribution in [0, 0.1) is 12.8 Å². The zero-order chi connectivity index (χ0) is 16.3. The molecule has 0 saturated carbocycles. The lowest BCUT2D eigenvalue weighted by atomic mass is 9.83. The Bertz CT molecular complexity index is 1000. The van der Waals surface area contributed by atoms with Gasteiger partial charge in [0, 0.05) is 49.4 Å². The smallest absolute Gasteiger partial charge is 0.251 e. The van der Waals surface area contributed by atoms with Gasteiger partial charge in [0.2, 0.25) is 0 Å². The Morgan fingerprint density at radius 1 is 1.21 bits per heavy atom. The Balaban J connectivity index is 1.69. The maximum Gasteiger partial charge on any atom is 0.251 e. The fourth-order valence-electron chi connectivity index (χ4n) is 4.34. The lowest BCUT2D eigenvalue weighted by molar-refractivity contribution is 0.257. The average molecular weight is 320 g/mol. The molecule has 1 N–H and O–H groups in total. The molecule has 0 amide bonds. The third-order valence-corrected chi connectivity index (χ3v) is 5.47. The normalized spacial score (nSPS) is 22.5. The summed E-state index contributed by atoms with van der Waals surface area (Å²) in [4.78, 5) is 17.1. The van der Waals surface area contributed by atoms with Crippen molar-refractivity contribution < 1.29 is 0 Å². The number of piperidine rings is 1. The van der Waals surface area contributed by atoms with Gasteiger partial charge in [-0.3, -0.25) is 4.79 Å². The summed E-state index contributed by atoms with van der Waals surface area (Å²) < 4.78 is 4.02. The van der Waals surface area contributed by atoms with E-state index in [0.717, 1.165) is 42.0 Å². The van der Waals surface area contributed by atoms with Crippen molar-refractivity contribution in [1.29, 1.82) is 0 Å². The molecule has 0 aliphatic carbocycles.